The van der Waals surface area contributed by atoms with Crippen LogP contribution in [0.1, 0.15) is 57.8 Å². The molecule has 8 nitrogen and oxygen atoms in total. The van der Waals surface area contributed by atoms with Crippen molar-refractivity contribution in [2.24, 2.45) is 23.5 Å². The normalized spacial score (nSPS) is 24.2. The van der Waals surface area contributed by atoms with E-state index < -0.39 is 18.2 Å². The van der Waals surface area contributed by atoms with Crippen LogP contribution in [-0.4, -0.2) is 78.7 Å². The Hall–Kier alpha value is -1.18. The Morgan fingerprint density at radius 1 is 1.16 bits per heavy atom. The summed E-state index contributed by atoms with van der Waals surface area (Å²) in [5, 5.41) is 13.8. The molecule has 37 heavy (non-hydrogen) atoms. The molecular formula is C24H42F3N3O5S2. The van der Waals surface area contributed by atoms with Crippen molar-refractivity contribution in [3.05, 3.63) is 0 Å². The second-order valence-electron chi connectivity index (χ2n) is 9.70. The molecule has 0 unspecified atom stereocenters. The van der Waals surface area contributed by atoms with E-state index in [2.05, 4.69) is 23.3 Å². The van der Waals surface area contributed by atoms with E-state index in [0.717, 1.165) is 31.6 Å². The predicted molar refractivity (Wildman–Crippen MR) is 142 cm³/mol. The lowest BCUT2D eigenvalue weighted by Gasteiger charge is -2.42. The maximum atomic E-state index is 13.3. The van der Waals surface area contributed by atoms with Gasteiger partial charge in [-0.3, -0.25) is 4.79 Å². The van der Waals surface area contributed by atoms with Crippen molar-refractivity contribution in [1.29, 1.82) is 0 Å². The molecule has 0 bridgehead atoms. The lowest BCUT2D eigenvalue weighted by Crippen LogP contribution is -2.51. The van der Waals surface area contributed by atoms with Gasteiger partial charge in [0.25, 0.3) is 0 Å². The zero-order chi connectivity index (χ0) is 28.0. The number of methoxy groups -OCH3 is 1. The van der Waals surface area contributed by atoms with Gasteiger partial charge >= 0.3 is 18.1 Å². The number of ether oxygens (including phenoxy) is 1. The third-order valence-electron chi connectivity index (χ3n) is 7.05. The summed E-state index contributed by atoms with van der Waals surface area (Å²) >= 11 is 5.95. The number of aliphatic carboxylic acids is 1. The number of halogens is 3. The minimum absolute atomic E-state index is 0.0221. The summed E-state index contributed by atoms with van der Waals surface area (Å²) in [6, 6.07) is -0.0919. The van der Waals surface area contributed by atoms with Crippen LogP contribution >= 0.6 is 24.4 Å². The number of nitrogens with one attached hydrogen (secondary N) is 2. The third-order valence-corrected chi connectivity index (χ3v) is 8.16. The number of carboxylic acid groups (broad SMARTS) is 1. The van der Waals surface area contributed by atoms with Crippen molar-refractivity contribution in [2.75, 3.05) is 31.4 Å². The molecule has 0 aromatic rings. The first-order chi connectivity index (χ1) is 17.4. The number of carbonyl (C=O) groups excluding carboxylic acids is 2. The average Bonchev–Trinajstić information content (AvgIpc) is 2.89. The molecule has 0 aromatic heterocycles. The summed E-state index contributed by atoms with van der Waals surface area (Å²) in [7, 11) is 1.39. The molecule has 5 atom stereocenters. The lowest BCUT2D eigenvalue weighted by atomic mass is 9.66. The molecule has 2 aliphatic carbocycles. The summed E-state index contributed by atoms with van der Waals surface area (Å²) in [4.78, 5) is 34.4. The molecule has 0 aromatic carbocycles. The smallest absolute Gasteiger partial charge is 0.475 e. The first-order valence-corrected chi connectivity index (χ1v) is 14.7. The zero-order valence-electron chi connectivity index (χ0n) is 21.6. The van der Waals surface area contributed by atoms with Gasteiger partial charge in [0, 0.05) is 30.3 Å². The highest BCUT2D eigenvalue weighted by Gasteiger charge is 2.40. The van der Waals surface area contributed by atoms with E-state index in [4.69, 9.17) is 20.4 Å². The monoisotopic (exact) mass is 573 g/mol. The molecule has 2 saturated carbocycles. The van der Waals surface area contributed by atoms with Gasteiger partial charge in [0.1, 0.15) is 6.04 Å². The second kappa shape index (κ2) is 17.4. The third kappa shape index (κ3) is 12.5. The quantitative estimate of drug-likeness (QED) is 0.188. The van der Waals surface area contributed by atoms with Crippen molar-refractivity contribution < 1.29 is 37.4 Å². The number of thioether (sulfide) groups is 1. The van der Waals surface area contributed by atoms with E-state index in [0.29, 0.717) is 30.1 Å². The Balaban J connectivity index is 0.000000856. The van der Waals surface area contributed by atoms with Crippen molar-refractivity contribution in [3.8, 4) is 0 Å². The average molecular weight is 574 g/mol. The van der Waals surface area contributed by atoms with Gasteiger partial charge < -0.3 is 26.2 Å². The number of alkyl halides is 3. The molecule has 2 fully saturated rings. The van der Waals surface area contributed by atoms with Gasteiger partial charge in [-0.1, -0.05) is 32.1 Å². The molecule has 1 amide bonds. The van der Waals surface area contributed by atoms with Crippen molar-refractivity contribution in [1.82, 2.24) is 10.6 Å². The highest BCUT2D eigenvalue weighted by molar-refractivity contribution is 7.98. The van der Waals surface area contributed by atoms with E-state index in [1.807, 2.05) is 6.26 Å². The molecule has 13 heteroatoms. The summed E-state index contributed by atoms with van der Waals surface area (Å²) < 4.78 is 36.7. The maximum Gasteiger partial charge on any atom is 0.490 e. The van der Waals surface area contributed by atoms with Gasteiger partial charge in [0.2, 0.25) is 5.91 Å². The van der Waals surface area contributed by atoms with Crippen LogP contribution in [0.2, 0.25) is 0 Å². The molecular weight excluding hydrogens is 531 g/mol. The van der Waals surface area contributed by atoms with E-state index in [-0.39, 0.29) is 23.8 Å². The Bertz CT molecular complexity index is 712. The Morgan fingerprint density at radius 3 is 2.30 bits per heavy atom. The van der Waals surface area contributed by atoms with Crippen molar-refractivity contribution in [3.63, 3.8) is 0 Å². The van der Waals surface area contributed by atoms with Gasteiger partial charge in [-0.15, -0.1) is 0 Å². The fourth-order valence-corrected chi connectivity index (χ4v) is 5.69. The number of thiol groups is 1. The van der Waals surface area contributed by atoms with Crippen LogP contribution in [0.5, 0.6) is 0 Å². The number of hydrogen-bond acceptors (Lipinski definition) is 8. The molecule has 0 radical (unpaired) electrons. The molecule has 0 aliphatic heterocycles. The SMILES string of the molecule is COC(=O)[C@H](CCSC)NC(=O)[C@@H]1CC[C@@H](NC[C@@H](N)CS)C[C@H]1C1CCCCC1.O=C(O)C(F)(F)F. The van der Waals surface area contributed by atoms with E-state index in [1.54, 1.807) is 11.8 Å². The van der Waals surface area contributed by atoms with Crippen LogP contribution in [-0.2, 0) is 19.1 Å². The topological polar surface area (TPSA) is 131 Å². The Morgan fingerprint density at radius 2 is 1.78 bits per heavy atom. The summed E-state index contributed by atoms with van der Waals surface area (Å²) in [6.07, 6.45) is 6.61. The van der Waals surface area contributed by atoms with E-state index >= 15 is 0 Å². The second-order valence-corrected chi connectivity index (χ2v) is 11.0. The molecule has 2 aliphatic rings. The van der Waals surface area contributed by atoms with E-state index in [1.165, 1.54) is 39.2 Å². The number of esters is 1. The first kappa shape index (κ1) is 33.8. The largest absolute Gasteiger partial charge is 0.490 e. The number of carboxylic acids is 1. The number of rotatable bonds is 11. The highest BCUT2D eigenvalue weighted by atomic mass is 32.2. The van der Waals surface area contributed by atoms with Crippen LogP contribution in [0.3, 0.4) is 0 Å². The zero-order valence-corrected chi connectivity index (χ0v) is 23.3. The van der Waals surface area contributed by atoms with Gasteiger partial charge in [0.15, 0.2) is 0 Å². The van der Waals surface area contributed by atoms with Crippen LogP contribution in [0.25, 0.3) is 0 Å². The van der Waals surface area contributed by atoms with Crippen molar-refractivity contribution >= 4 is 42.2 Å². The molecule has 2 rings (SSSR count). The fraction of sp³-hybridized carbons (Fsp3) is 0.875. The highest BCUT2D eigenvalue weighted by Crippen LogP contribution is 2.42. The number of carbonyl (C=O) groups is 3. The lowest BCUT2D eigenvalue weighted by molar-refractivity contribution is -0.192. The number of hydrogen-bond donors (Lipinski definition) is 5. The van der Waals surface area contributed by atoms with Crippen LogP contribution < -0.4 is 16.4 Å². The molecule has 0 saturated heterocycles. The minimum Gasteiger partial charge on any atom is -0.475 e. The maximum absolute atomic E-state index is 13.3. The standard InChI is InChI=1S/C22H41N3O3S2.C2HF3O2/c1-28-22(27)20(10-11-30-2)25-21(26)18-9-8-17(24-13-16(23)14-29)12-19(18)15-6-4-3-5-7-15;3-2(4,5)1(6)7/h15-20,24,29H,3-14,23H2,1-2H3,(H,25,26);(H,6,7)/t16-,17-,18-,19+,20+;/m1./s1. The van der Waals surface area contributed by atoms with Crippen LogP contribution in [0.15, 0.2) is 0 Å². The number of nitrogens with two attached hydrogens (primary N) is 1. The number of amides is 1. The minimum atomic E-state index is -5.08. The Kier molecular flexibility index (Phi) is 15.9. The van der Waals surface area contributed by atoms with Crippen LogP contribution in [0, 0.1) is 17.8 Å². The summed E-state index contributed by atoms with van der Waals surface area (Å²) in [5.41, 5.74) is 6.03. The summed E-state index contributed by atoms with van der Waals surface area (Å²) in [5.74, 6) is -0.646. The van der Waals surface area contributed by atoms with Gasteiger partial charge in [0.05, 0.1) is 7.11 Å². The molecule has 0 spiro atoms. The van der Waals surface area contributed by atoms with Crippen LogP contribution in [0.4, 0.5) is 13.2 Å². The first-order valence-electron chi connectivity index (χ1n) is 12.7. The molecule has 216 valence electrons. The predicted octanol–water partition coefficient (Wildman–Crippen LogP) is 3.24. The van der Waals surface area contributed by atoms with Gasteiger partial charge in [-0.05, 0) is 49.5 Å². The van der Waals surface area contributed by atoms with Gasteiger partial charge in [-0.2, -0.15) is 37.6 Å². The molecule has 0 heterocycles. The fourth-order valence-electron chi connectivity index (χ4n) is 5.09. The van der Waals surface area contributed by atoms with Crippen molar-refractivity contribution in [2.45, 2.75) is 82.1 Å². The van der Waals surface area contributed by atoms with E-state index in [9.17, 15) is 22.8 Å². The Labute approximate surface area is 227 Å². The van der Waals surface area contributed by atoms with Gasteiger partial charge in [-0.25, -0.2) is 9.59 Å². The summed E-state index contributed by atoms with van der Waals surface area (Å²) in [6.45, 7) is 0.765. The molecule has 5 N–H and O–H groups in total.